The van der Waals surface area contributed by atoms with Gasteiger partial charge >= 0.3 is 0 Å². The van der Waals surface area contributed by atoms with Crippen molar-refractivity contribution in [3.8, 4) is 5.75 Å². The minimum absolute atomic E-state index is 0.00318. The van der Waals surface area contributed by atoms with Crippen LogP contribution in [0.15, 0.2) is 91.0 Å². The highest BCUT2D eigenvalue weighted by molar-refractivity contribution is 6.24. The van der Waals surface area contributed by atoms with E-state index in [2.05, 4.69) is 17.0 Å². The summed E-state index contributed by atoms with van der Waals surface area (Å²) in [7, 11) is 1.99. The average Bonchev–Trinajstić information content (AvgIpc) is 3.30. The molecule has 166 valence electrons. The molecular formula is C30H23NO3. The summed E-state index contributed by atoms with van der Waals surface area (Å²) in [6.45, 7) is 0.736. The molecule has 7 rings (SSSR count). The van der Waals surface area contributed by atoms with Crippen LogP contribution in [-0.2, 0) is 5.54 Å². The first kappa shape index (κ1) is 19.7. The summed E-state index contributed by atoms with van der Waals surface area (Å²) in [5, 5.41) is 1.98. The molecule has 4 aromatic rings. The maximum Gasteiger partial charge on any atom is 0.189 e. The quantitative estimate of drug-likeness (QED) is 0.403. The normalized spacial score (nSPS) is 27.5. The third kappa shape index (κ3) is 2.09. The Kier molecular flexibility index (Phi) is 3.85. The van der Waals surface area contributed by atoms with Gasteiger partial charge in [0.2, 0.25) is 0 Å². The molecule has 3 aliphatic rings. The lowest BCUT2D eigenvalue weighted by atomic mass is 9.57. The molecule has 0 bridgehead atoms. The van der Waals surface area contributed by atoms with Crippen LogP contribution < -0.4 is 4.74 Å². The maximum atomic E-state index is 14.7. The van der Waals surface area contributed by atoms with E-state index in [1.165, 1.54) is 0 Å². The highest BCUT2D eigenvalue weighted by atomic mass is 16.5. The van der Waals surface area contributed by atoms with E-state index in [0.717, 1.165) is 21.9 Å². The first-order valence-corrected chi connectivity index (χ1v) is 11.7. The molecule has 2 aliphatic heterocycles. The number of carbonyl (C=O) groups is 2. The maximum absolute atomic E-state index is 14.7. The predicted molar refractivity (Wildman–Crippen MR) is 130 cm³/mol. The standard InChI is InChI=1S/C30H23NO3/c1-31-17-24(19-9-3-2-4-10-19)29(18-34-25-16-6-5-13-21(25)27(29)32)30(31)23-15-8-12-20-11-7-14-22(26(20)23)28(30)33/h2-16,24H,17-18H2,1H3/t24-,29+,30?/m0/s1. The summed E-state index contributed by atoms with van der Waals surface area (Å²) >= 11 is 0. The van der Waals surface area contributed by atoms with Crippen LogP contribution in [0.4, 0.5) is 0 Å². The fraction of sp³-hybridized carbons (Fsp3) is 0.200. The molecule has 0 saturated carbocycles. The van der Waals surface area contributed by atoms with E-state index in [1.54, 1.807) is 0 Å². The molecule has 1 fully saturated rings. The van der Waals surface area contributed by atoms with Gasteiger partial charge in [-0.3, -0.25) is 14.5 Å². The number of hydrogen-bond donors (Lipinski definition) is 0. The summed E-state index contributed by atoms with van der Waals surface area (Å²) in [5.41, 5.74) is 0.990. The zero-order valence-electron chi connectivity index (χ0n) is 18.8. The molecule has 0 N–H and O–H groups in total. The summed E-state index contributed by atoms with van der Waals surface area (Å²) < 4.78 is 6.36. The fourth-order valence-corrected chi connectivity index (χ4v) is 7.01. The Hall–Kier alpha value is -3.76. The third-order valence-electron chi connectivity index (χ3n) is 8.33. The molecule has 34 heavy (non-hydrogen) atoms. The molecule has 2 spiro atoms. The van der Waals surface area contributed by atoms with Crippen molar-refractivity contribution in [2.45, 2.75) is 11.5 Å². The molecule has 0 radical (unpaired) electrons. The minimum atomic E-state index is -1.14. The minimum Gasteiger partial charge on any atom is -0.492 e. The molecule has 2 heterocycles. The average molecular weight is 446 g/mol. The van der Waals surface area contributed by atoms with Crippen LogP contribution in [0.25, 0.3) is 10.8 Å². The Labute approximate surface area is 197 Å². The van der Waals surface area contributed by atoms with Crippen molar-refractivity contribution in [2.24, 2.45) is 5.41 Å². The number of Topliss-reactive ketones (excluding diaryl/α,β-unsaturated/α-hetero) is 2. The van der Waals surface area contributed by atoms with Crippen molar-refractivity contribution in [3.63, 3.8) is 0 Å². The number of likely N-dealkylation sites (tertiary alicyclic amines) is 1. The van der Waals surface area contributed by atoms with Crippen molar-refractivity contribution in [1.29, 1.82) is 0 Å². The van der Waals surface area contributed by atoms with Crippen LogP contribution >= 0.6 is 0 Å². The number of carbonyl (C=O) groups excluding carboxylic acids is 2. The number of fused-ring (bicyclic) bond motifs is 3. The number of ether oxygens (including phenoxy) is 1. The van der Waals surface area contributed by atoms with E-state index in [-0.39, 0.29) is 24.1 Å². The summed E-state index contributed by atoms with van der Waals surface area (Å²) in [4.78, 5) is 31.4. The number of para-hydroxylation sites is 1. The van der Waals surface area contributed by atoms with Crippen molar-refractivity contribution in [2.75, 3.05) is 20.2 Å². The van der Waals surface area contributed by atoms with E-state index in [0.29, 0.717) is 23.4 Å². The second-order valence-electron chi connectivity index (χ2n) is 9.68. The molecule has 4 aromatic carbocycles. The lowest BCUT2D eigenvalue weighted by molar-refractivity contribution is 0.00830. The van der Waals surface area contributed by atoms with Gasteiger partial charge in [-0.25, -0.2) is 0 Å². The van der Waals surface area contributed by atoms with Crippen molar-refractivity contribution in [3.05, 3.63) is 113 Å². The van der Waals surface area contributed by atoms with Crippen LogP contribution in [0, 0.1) is 5.41 Å². The van der Waals surface area contributed by atoms with Crippen molar-refractivity contribution in [1.82, 2.24) is 4.90 Å². The van der Waals surface area contributed by atoms with Crippen molar-refractivity contribution < 1.29 is 14.3 Å². The van der Waals surface area contributed by atoms with Gasteiger partial charge in [-0.2, -0.15) is 0 Å². The number of rotatable bonds is 1. The molecular weight excluding hydrogens is 422 g/mol. The highest BCUT2D eigenvalue weighted by Crippen LogP contribution is 2.65. The van der Waals surface area contributed by atoms with Crippen LogP contribution in [-0.4, -0.2) is 36.7 Å². The van der Waals surface area contributed by atoms with Gasteiger partial charge in [0.15, 0.2) is 11.6 Å². The zero-order chi connectivity index (χ0) is 23.1. The molecule has 0 aromatic heterocycles. The predicted octanol–water partition coefficient (Wildman–Crippen LogP) is 5.22. The van der Waals surface area contributed by atoms with E-state index >= 15 is 0 Å². The highest BCUT2D eigenvalue weighted by Gasteiger charge is 2.74. The van der Waals surface area contributed by atoms with Gasteiger partial charge in [0, 0.05) is 18.0 Å². The van der Waals surface area contributed by atoms with Crippen molar-refractivity contribution >= 4 is 22.3 Å². The molecule has 1 aliphatic carbocycles. The zero-order valence-corrected chi connectivity index (χ0v) is 18.8. The Morgan fingerprint density at radius 2 is 1.50 bits per heavy atom. The Balaban J connectivity index is 1.59. The van der Waals surface area contributed by atoms with E-state index in [9.17, 15) is 9.59 Å². The Morgan fingerprint density at radius 1 is 0.794 bits per heavy atom. The largest absolute Gasteiger partial charge is 0.492 e. The smallest absolute Gasteiger partial charge is 0.189 e. The second kappa shape index (κ2) is 6.64. The van der Waals surface area contributed by atoms with E-state index in [4.69, 9.17) is 4.74 Å². The monoisotopic (exact) mass is 445 g/mol. The van der Waals surface area contributed by atoms with Crippen LogP contribution in [0.5, 0.6) is 5.75 Å². The Bertz CT molecular complexity index is 1510. The summed E-state index contributed by atoms with van der Waals surface area (Å²) in [6.07, 6.45) is 0. The fourth-order valence-electron chi connectivity index (χ4n) is 7.01. The van der Waals surface area contributed by atoms with Gasteiger partial charge < -0.3 is 4.74 Å². The third-order valence-corrected chi connectivity index (χ3v) is 8.33. The topological polar surface area (TPSA) is 46.6 Å². The van der Waals surface area contributed by atoms with Crippen LogP contribution in [0.3, 0.4) is 0 Å². The lowest BCUT2D eigenvalue weighted by Gasteiger charge is -2.48. The van der Waals surface area contributed by atoms with Gasteiger partial charge in [0.25, 0.3) is 0 Å². The number of hydrogen-bond acceptors (Lipinski definition) is 4. The lowest BCUT2D eigenvalue weighted by Crippen LogP contribution is -2.61. The number of ketones is 2. The van der Waals surface area contributed by atoms with E-state index in [1.807, 2.05) is 85.9 Å². The number of likely N-dealkylation sites (N-methyl/N-ethyl adjacent to an activating group) is 1. The van der Waals surface area contributed by atoms with Gasteiger partial charge in [-0.1, -0.05) is 78.9 Å². The SMILES string of the molecule is CN1C[C@@H](c2ccccc2)[C@@]2(COc3ccccc3C2=O)C12C(=O)c1cccc3cccc2c13. The first-order valence-electron chi connectivity index (χ1n) is 11.7. The summed E-state index contributed by atoms with van der Waals surface area (Å²) in [5.74, 6) is 0.381. The molecule has 4 heteroatoms. The molecule has 4 nitrogen and oxygen atoms in total. The Morgan fingerprint density at radius 3 is 2.32 bits per heavy atom. The van der Waals surface area contributed by atoms with Gasteiger partial charge in [-0.05, 0) is 41.1 Å². The summed E-state index contributed by atoms with van der Waals surface area (Å²) in [6, 6.07) is 29.5. The molecule has 0 amide bonds. The van der Waals surface area contributed by atoms with Crippen LogP contribution in [0.2, 0.25) is 0 Å². The van der Waals surface area contributed by atoms with Gasteiger partial charge in [0.05, 0.1) is 5.56 Å². The van der Waals surface area contributed by atoms with Crippen LogP contribution in [0.1, 0.15) is 37.8 Å². The number of benzene rings is 4. The molecule has 1 saturated heterocycles. The second-order valence-corrected chi connectivity index (χ2v) is 9.68. The van der Waals surface area contributed by atoms with E-state index < -0.39 is 11.0 Å². The molecule has 3 atom stereocenters. The molecule has 1 unspecified atom stereocenters. The van der Waals surface area contributed by atoms with Gasteiger partial charge in [-0.15, -0.1) is 0 Å². The first-order chi connectivity index (χ1) is 16.6. The number of nitrogens with zero attached hydrogens (tertiary/aromatic N) is 1. The van der Waals surface area contributed by atoms with Gasteiger partial charge in [0.1, 0.15) is 23.3 Å².